The molecule has 0 aromatic heterocycles. The quantitative estimate of drug-likeness (QED) is 0.125. The van der Waals surface area contributed by atoms with Gasteiger partial charge in [-0.25, -0.2) is 4.79 Å². The molecule has 8 rings (SSSR count). The Morgan fingerprint density at radius 3 is 2.08 bits per heavy atom. The SMILES string of the molecule is CO[C@H]1C[C@H](O[C@@H]2[C@@H](C)O[C@@H](O[C@H]3[C@@H](O)C[C@H](O[C@H]4CC[C@@]5(C)C(=CC[C@]6(O)[C@@H]5C[C@@H](OC(=O)C=Cc5ccccc5)[C@]5(C)[C@H](C(C)=O)CC[C@@]56O)C4)O[C@@H]3C)C[C@H]2OC)O[C@H](C)[C@H]1O. The largest absolute Gasteiger partial charge is 0.458 e. The van der Waals surface area contributed by atoms with Crippen LogP contribution in [0.1, 0.15) is 111 Å². The molecule has 15 heteroatoms. The lowest BCUT2D eigenvalue weighted by Gasteiger charge is -2.66. The maximum absolute atomic E-state index is 13.5. The van der Waals surface area contributed by atoms with E-state index in [-0.39, 0.29) is 37.6 Å². The van der Waals surface area contributed by atoms with Gasteiger partial charge in [0.25, 0.3) is 0 Å². The Balaban J connectivity index is 0.899. The minimum Gasteiger partial charge on any atom is -0.458 e. The molecule has 20 atom stereocenters. The van der Waals surface area contributed by atoms with Gasteiger partial charge in [0.1, 0.15) is 41.4 Å². The van der Waals surface area contributed by atoms with Gasteiger partial charge in [-0.05, 0) is 89.7 Å². The molecule has 3 heterocycles. The summed E-state index contributed by atoms with van der Waals surface area (Å²) in [7, 11) is 3.16. The number of esters is 1. The minimum atomic E-state index is -1.69. The van der Waals surface area contributed by atoms with E-state index in [2.05, 4.69) is 13.0 Å². The minimum absolute atomic E-state index is 0.0925. The Labute approximate surface area is 383 Å². The standard InChI is InChI=1S/C50H72O15/c1-27(51)34-18-21-50(56)48(34,6)39(63-40(53)15-14-31-12-10-9-11-13-31)26-38-47(5)19-17-33(22-32(47)16-20-49(38,50)55)62-41-23-35(52)45(29(3)60-41)64-43-25-37(58-8)46(30(4)61-43)65-42-24-36(57-7)44(54)28(2)59-42/h9-16,28-30,33-39,41-46,52,54-56H,17-26H2,1-8H3/t28-,29-,30-,33+,34+,35+,36+,37-,38-,39-,41+,42+,43+,44-,45-,46-,47+,48+,49+,50-/m1/s1. The van der Waals surface area contributed by atoms with Crippen LogP contribution < -0.4 is 0 Å². The molecule has 0 bridgehead atoms. The molecular weight excluding hydrogens is 841 g/mol. The molecule has 4 aliphatic carbocycles. The Kier molecular flexibility index (Phi) is 14.3. The molecule has 6 fully saturated rings. The molecule has 4 N–H and O–H groups in total. The summed E-state index contributed by atoms with van der Waals surface area (Å²) in [6, 6.07) is 9.44. The van der Waals surface area contributed by atoms with Crippen molar-refractivity contribution in [2.45, 2.75) is 203 Å². The third kappa shape index (κ3) is 8.84. The number of rotatable bonds is 12. The molecule has 0 unspecified atom stereocenters. The zero-order valence-electron chi connectivity index (χ0n) is 39.2. The van der Waals surface area contributed by atoms with Gasteiger partial charge in [-0.15, -0.1) is 0 Å². The van der Waals surface area contributed by atoms with Crippen LogP contribution in [0.15, 0.2) is 48.1 Å². The Morgan fingerprint density at radius 1 is 0.785 bits per heavy atom. The second-order valence-electron chi connectivity index (χ2n) is 20.4. The van der Waals surface area contributed by atoms with Crippen molar-refractivity contribution >= 4 is 17.8 Å². The first-order chi connectivity index (χ1) is 30.8. The third-order valence-electron chi connectivity index (χ3n) is 16.9. The summed E-state index contributed by atoms with van der Waals surface area (Å²) in [5, 5.41) is 47.7. The second kappa shape index (κ2) is 19.0. The van der Waals surface area contributed by atoms with E-state index in [1.807, 2.05) is 51.1 Å². The van der Waals surface area contributed by atoms with Gasteiger partial charge in [0, 0.05) is 56.8 Å². The van der Waals surface area contributed by atoms with Crippen LogP contribution in [0.3, 0.4) is 0 Å². The molecule has 1 aromatic rings. The van der Waals surface area contributed by atoms with Crippen molar-refractivity contribution in [3.63, 3.8) is 0 Å². The van der Waals surface area contributed by atoms with E-state index in [1.165, 1.54) is 13.0 Å². The van der Waals surface area contributed by atoms with Crippen LogP contribution in [0.4, 0.5) is 0 Å². The van der Waals surface area contributed by atoms with Crippen LogP contribution in [0.25, 0.3) is 6.08 Å². The van der Waals surface area contributed by atoms with E-state index in [0.717, 1.165) is 11.1 Å². The highest BCUT2D eigenvalue weighted by Gasteiger charge is 2.77. The van der Waals surface area contributed by atoms with Crippen LogP contribution in [-0.4, -0.2) is 144 Å². The number of aliphatic hydroxyl groups is 4. The van der Waals surface area contributed by atoms with E-state index >= 15 is 0 Å². The maximum Gasteiger partial charge on any atom is 0.331 e. The van der Waals surface area contributed by atoms with Gasteiger partial charge in [0.15, 0.2) is 18.9 Å². The number of hydrogen-bond donors (Lipinski definition) is 4. The number of methoxy groups -OCH3 is 2. The first-order valence-electron chi connectivity index (χ1n) is 23.8. The topological polar surface area (TPSA) is 198 Å². The van der Waals surface area contributed by atoms with E-state index in [4.69, 9.17) is 42.6 Å². The highest BCUT2D eigenvalue weighted by molar-refractivity contribution is 5.87. The fourth-order valence-electron chi connectivity index (χ4n) is 13.2. The van der Waals surface area contributed by atoms with Gasteiger partial charge < -0.3 is 63.1 Å². The molecule has 3 aliphatic heterocycles. The number of ketones is 1. The second-order valence-corrected chi connectivity index (χ2v) is 20.4. The molecular formula is C50H72O15. The summed E-state index contributed by atoms with van der Waals surface area (Å²) in [6.45, 7) is 11.0. The van der Waals surface area contributed by atoms with E-state index in [1.54, 1.807) is 27.2 Å². The highest BCUT2D eigenvalue weighted by Crippen LogP contribution is 2.70. The summed E-state index contributed by atoms with van der Waals surface area (Å²) >= 11 is 0. The van der Waals surface area contributed by atoms with Gasteiger partial charge in [-0.3, -0.25) is 4.79 Å². The van der Waals surface area contributed by atoms with Crippen molar-refractivity contribution in [3.8, 4) is 0 Å². The Hall–Kier alpha value is -2.64. The fraction of sp³-hybridized carbons (Fsp3) is 0.760. The van der Waals surface area contributed by atoms with E-state index < -0.39 is 120 Å². The maximum atomic E-state index is 13.5. The van der Waals surface area contributed by atoms with Crippen molar-refractivity contribution < 1.29 is 72.6 Å². The lowest BCUT2D eigenvalue weighted by atomic mass is 9.43. The number of benzene rings is 1. The number of carbonyl (C=O) groups excluding carboxylic acids is 2. The fourth-order valence-corrected chi connectivity index (χ4v) is 13.2. The molecule has 0 radical (unpaired) electrons. The monoisotopic (exact) mass is 912 g/mol. The molecule has 3 saturated carbocycles. The van der Waals surface area contributed by atoms with Crippen molar-refractivity contribution in [3.05, 3.63) is 53.6 Å². The molecule has 65 heavy (non-hydrogen) atoms. The Morgan fingerprint density at radius 2 is 1.42 bits per heavy atom. The molecule has 7 aliphatic rings. The summed E-state index contributed by atoms with van der Waals surface area (Å²) in [5.41, 5.74) is -3.05. The number of aliphatic hydroxyl groups excluding tert-OH is 2. The van der Waals surface area contributed by atoms with Gasteiger partial charge in [-0.1, -0.05) is 55.8 Å². The summed E-state index contributed by atoms with van der Waals surface area (Å²) in [4.78, 5) is 26.7. The predicted molar refractivity (Wildman–Crippen MR) is 235 cm³/mol. The van der Waals surface area contributed by atoms with Crippen molar-refractivity contribution in [1.29, 1.82) is 0 Å². The first-order valence-corrected chi connectivity index (χ1v) is 23.8. The summed E-state index contributed by atoms with van der Waals surface area (Å²) < 4.78 is 55.5. The van der Waals surface area contributed by atoms with Gasteiger partial charge >= 0.3 is 5.97 Å². The number of fused-ring (bicyclic) bond motifs is 5. The van der Waals surface area contributed by atoms with Crippen LogP contribution >= 0.6 is 0 Å². The normalized spacial score (nSPS) is 47.6. The highest BCUT2D eigenvalue weighted by atomic mass is 16.7. The molecule has 15 nitrogen and oxygen atoms in total. The van der Waals surface area contributed by atoms with Crippen LogP contribution in [0.2, 0.25) is 0 Å². The molecule has 0 spiro atoms. The lowest BCUT2D eigenvalue weighted by molar-refractivity contribution is -0.337. The third-order valence-corrected chi connectivity index (χ3v) is 16.9. The van der Waals surface area contributed by atoms with Crippen molar-refractivity contribution in [2.75, 3.05) is 14.2 Å². The molecule has 1 aromatic carbocycles. The first kappa shape index (κ1) is 48.8. The van der Waals surface area contributed by atoms with Gasteiger partial charge in [-0.2, -0.15) is 0 Å². The molecule has 3 saturated heterocycles. The van der Waals surface area contributed by atoms with Gasteiger partial charge in [0.2, 0.25) is 0 Å². The number of Topliss-reactive ketones (excluding diaryl/α,β-unsaturated/α-hetero) is 1. The average molecular weight is 913 g/mol. The summed E-state index contributed by atoms with van der Waals surface area (Å²) in [5.74, 6) is -1.71. The molecule has 0 amide bonds. The predicted octanol–water partition coefficient (Wildman–Crippen LogP) is 4.93. The van der Waals surface area contributed by atoms with E-state index in [9.17, 15) is 30.0 Å². The van der Waals surface area contributed by atoms with Crippen molar-refractivity contribution in [1.82, 2.24) is 0 Å². The zero-order chi connectivity index (χ0) is 46.6. The summed E-state index contributed by atoms with van der Waals surface area (Å²) in [6.07, 6.45) is 0.769. The van der Waals surface area contributed by atoms with Crippen LogP contribution in [-0.2, 0) is 52.2 Å². The molecule has 362 valence electrons. The number of hydrogen-bond acceptors (Lipinski definition) is 15. The van der Waals surface area contributed by atoms with Crippen LogP contribution in [0.5, 0.6) is 0 Å². The average Bonchev–Trinajstić information content (AvgIpc) is 3.57. The Bertz CT molecular complexity index is 1900. The van der Waals surface area contributed by atoms with Crippen molar-refractivity contribution in [2.24, 2.45) is 22.7 Å². The van der Waals surface area contributed by atoms with Gasteiger partial charge in [0.05, 0.1) is 42.7 Å². The zero-order valence-corrected chi connectivity index (χ0v) is 39.2. The lowest BCUT2D eigenvalue weighted by Crippen LogP contribution is -2.75. The smallest absolute Gasteiger partial charge is 0.331 e. The van der Waals surface area contributed by atoms with Crippen LogP contribution in [0, 0.1) is 22.7 Å². The van der Waals surface area contributed by atoms with E-state index in [0.29, 0.717) is 38.5 Å². The number of carbonyl (C=O) groups is 2. The number of ether oxygens (including phenoxy) is 9.